The Morgan fingerprint density at radius 3 is 1.82 bits per heavy atom. The maximum atomic E-state index is 12.0. The molecule has 0 saturated heterocycles. The van der Waals surface area contributed by atoms with Crippen LogP contribution in [0, 0.1) is 0 Å². The fourth-order valence-corrected chi connectivity index (χ4v) is 4.28. The van der Waals surface area contributed by atoms with Crippen molar-refractivity contribution in [1.29, 1.82) is 0 Å². The molecule has 40 heavy (non-hydrogen) atoms. The number of ether oxygens (including phenoxy) is 3. The number of benzene rings is 3. The molecule has 0 aliphatic rings. The standard InChI is InChI=1S/C34H46NO4.HI/c1-35(2,3)31-20-18-29(19-21-31)16-13-17-34(36)38-27-12-7-5-4-6-11-26-37-32-22-24-33(25-23-32)39-28-30-14-9-8-10-15-30;/h8-10,14-15,18-25H,4-7,11-13,16-17,26-28H2,1-3H3;1H/q+1;/p-1. The van der Waals surface area contributed by atoms with Crippen molar-refractivity contribution in [3.63, 3.8) is 0 Å². The number of hydrogen-bond acceptors (Lipinski definition) is 4. The molecule has 218 valence electrons. The van der Waals surface area contributed by atoms with Crippen LogP contribution in [0.2, 0.25) is 0 Å². The Labute approximate surface area is 258 Å². The minimum atomic E-state index is -0.0779. The van der Waals surface area contributed by atoms with Gasteiger partial charge in [0.1, 0.15) is 23.8 Å². The number of hydrogen-bond donors (Lipinski definition) is 0. The van der Waals surface area contributed by atoms with Crippen molar-refractivity contribution in [2.24, 2.45) is 0 Å². The van der Waals surface area contributed by atoms with Crippen molar-refractivity contribution in [3.8, 4) is 11.5 Å². The average molecular weight is 660 g/mol. The summed E-state index contributed by atoms with van der Waals surface area (Å²) in [6.07, 6.45) is 8.78. The van der Waals surface area contributed by atoms with Crippen LogP contribution in [0.1, 0.15) is 62.5 Å². The molecule has 0 bridgehead atoms. The first-order valence-corrected chi connectivity index (χ1v) is 14.4. The van der Waals surface area contributed by atoms with Crippen LogP contribution in [0.15, 0.2) is 78.9 Å². The van der Waals surface area contributed by atoms with Gasteiger partial charge in [-0.2, -0.15) is 0 Å². The number of carbonyl (C=O) groups is 1. The minimum Gasteiger partial charge on any atom is -1.00 e. The monoisotopic (exact) mass is 659 g/mol. The maximum Gasteiger partial charge on any atom is 0.305 e. The molecule has 3 rings (SSSR count). The van der Waals surface area contributed by atoms with E-state index in [9.17, 15) is 4.79 Å². The molecule has 0 atom stereocenters. The van der Waals surface area contributed by atoms with E-state index in [-0.39, 0.29) is 29.9 Å². The van der Waals surface area contributed by atoms with E-state index in [1.807, 2.05) is 42.5 Å². The van der Waals surface area contributed by atoms with E-state index in [2.05, 4.69) is 57.5 Å². The smallest absolute Gasteiger partial charge is 0.305 e. The molecule has 6 heteroatoms. The molecule has 0 heterocycles. The summed E-state index contributed by atoms with van der Waals surface area (Å²) in [7, 11) is 6.48. The van der Waals surface area contributed by atoms with E-state index in [0.717, 1.165) is 73.1 Å². The molecule has 0 aromatic heterocycles. The summed E-state index contributed by atoms with van der Waals surface area (Å²) in [5.41, 5.74) is 3.70. The average Bonchev–Trinajstić information content (AvgIpc) is 2.94. The highest BCUT2D eigenvalue weighted by atomic mass is 127. The number of carbonyl (C=O) groups excluding carboxylic acids is 1. The first-order valence-electron chi connectivity index (χ1n) is 14.4. The Bertz CT molecular complexity index is 1080. The van der Waals surface area contributed by atoms with Gasteiger partial charge < -0.3 is 38.2 Å². The molecule has 3 aromatic rings. The van der Waals surface area contributed by atoms with E-state index in [1.165, 1.54) is 17.7 Å². The summed E-state index contributed by atoms with van der Waals surface area (Å²) >= 11 is 0. The summed E-state index contributed by atoms with van der Waals surface area (Å²) in [6, 6.07) is 26.7. The molecule has 0 N–H and O–H groups in total. The zero-order chi connectivity index (χ0) is 27.8. The number of rotatable bonds is 18. The highest BCUT2D eigenvalue weighted by Gasteiger charge is 2.11. The normalized spacial score (nSPS) is 11.0. The van der Waals surface area contributed by atoms with Gasteiger partial charge in [-0.05, 0) is 73.2 Å². The predicted molar refractivity (Wildman–Crippen MR) is 160 cm³/mol. The zero-order valence-electron chi connectivity index (χ0n) is 24.4. The molecule has 0 aliphatic carbocycles. The van der Waals surface area contributed by atoms with Crippen LogP contribution in [-0.4, -0.2) is 40.3 Å². The first kappa shape index (κ1) is 33.6. The predicted octanol–water partition coefficient (Wildman–Crippen LogP) is 4.75. The third-order valence-corrected chi connectivity index (χ3v) is 6.70. The van der Waals surface area contributed by atoms with Gasteiger partial charge in [0.25, 0.3) is 0 Å². The quantitative estimate of drug-likeness (QED) is 0.0857. The lowest BCUT2D eigenvalue weighted by atomic mass is 10.1. The van der Waals surface area contributed by atoms with Gasteiger partial charge in [-0.15, -0.1) is 0 Å². The second-order valence-electron chi connectivity index (χ2n) is 11.0. The third-order valence-electron chi connectivity index (χ3n) is 6.70. The minimum absolute atomic E-state index is 0. The SMILES string of the molecule is C[N+](C)(C)c1ccc(CCCC(=O)OCCCCCCCCOc2ccc(OCc3ccccc3)cc2)cc1.[I-]. The molecule has 0 fully saturated rings. The van der Waals surface area contributed by atoms with E-state index in [4.69, 9.17) is 14.2 Å². The molecule has 0 radical (unpaired) electrons. The van der Waals surface area contributed by atoms with Gasteiger partial charge in [0.15, 0.2) is 0 Å². The molecular formula is C34H46INO4. The first-order chi connectivity index (χ1) is 18.9. The number of quaternary nitrogens is 1. The highest BCUT2D eigenvalue weighted by molar-refractivity contribution is 5.69. The summed E-state index contributed by atoms with van der Waals surface area (Å²) < 4.78 is 17.9. The number of esters is 1. The summed E-state index contributed by atoms with van der Waals surface area (Å²) in [5.74, 6) is 1.64. The molecule has 0 aliphatic heterocycles. The van der Waals surface area contributed by atoms with Crippen molar-refractivity contribution in [2.75, 3.05) is 34.4 Å². The van der Waals surface area contributed by atoms with Crippen LogP contribution < -0.4 is 37.9 Å². The van der Waals surface area contributed by atoms with Crippen molar-refractivity contribution >= 4 is 11.7 Å². The number of aryl methyl sites for hydroxylation is 1. The molecule has 0 spiro atoms. The molecule has 0 amide bonds. The van der Waals surface area contributed by atoms with E-state index >= 15 is 0 Å². The highest BCUT2D eigenvalue weighted by Crippen LogP contribution is 2.20. The largest absolute Gasteiger partial charge is 1.00 e. The van der Waals surface area contributed by atoms with Crippen LogP contribution in [0.25, 0.3) is 0 Å². The lowest BCUT2D eigenvalue weighted by molar-refractivity contribution is -0.143. The number of nitrogens with zero attached hydrogens (tertiary/aromatic N) is 1. The van der Waals surface area contributed by atoms with Gasteiger partial charge >= 0.3 is 5.97 Å². The molecule has 0 saturated carbocycles. The van der Waals surface area contributed by atoms with Gasteiger partial charge in [0.05, 0.1) is 34.4 Å². The van der Waals surface area contributed by atoms with E-state index in [1.54, 1.807) is 0 Å². The van der Waals surface area contributed by atoms with E-state index in [0.29, 0.717) is 19.6 Å². The lowest BCUT2D eigenvalue weighted by Crippen LogP contribution is -3.00. The van der Waals surface area contributed by atoms with Gasteiger partial charge in [-0.3, -0.25) is 9.28 Å². The van der Waals surface area contributed by atoms with Crippen LogP contribution in [0.5, 0.6) is 11.5 Å². The Morgan fingerprint density at radius 1 is 0.625 bits per heavy atom. The van der Waals surface area contributed by atoms with Crippen molar-refractivity contribution in [2.45, 2.75) is 64.4 Å². The Morgan fingerprint density at radius 2 is 1.20 bits per heavy atom. The van der Waals surface area contributed by atoms with Gasteiger partial charge in [0.2, 0.25) is 0 Å². The lowest BCUT2D eigenvalue weighted by Gasteiger charge is -2.23. The van der Waals surface area contributed by atoms with Crippen LogP contribution in [-0.2, 0) is 22.6 Å². The van der Waals surface area contributed by atoms with Crippen molar-refractivity contribution < 1.29 is 43.0 Å². The third kappa shape index (κ3) is 13.7. The number of unbranched alkanes of at least 4 members (excludes halogenated alkanes) is 5. The second kappa shape index (κ2) is 18.7. The molecule has 5 nitrogen and oxygen atoms in total. The Balaban J connectivity index is 0.00000560. The van der Waals surface area contributed by atoms with Crippen molar-refractivity contribution in [3.05, 3.63) is 90.0 Å². The topological polar surface area (TPSA) is 44.8 Å². The number of halogens is 1. The van der Waals surface area contributed by atoms with Crippen molar-refractivity contribution in [1.82, 2.24) is 4.48 Å². The zero-order valence-corrected chi connectivity index (χ0v) is 26.6. The second-order valence-corrected chi connectivity index (χ2v) is 11.0. The molecule has 3 aromatic carbocycles. The van der Waals surface area contributed by atoms with E-state index < -0.39 is 0 Å². The van der Waals surface area contributed by atoms with Crippen LogP contribution in [0.4, 0.5) is 5.69 Å². The molecular weight excluding hydrogens is 613 g/mol. The maximum absolute atomic E-state index is 12.0. The molecule has 0 unspecified atom stereocenters. The fourth-order valence-electron chi connectivity index (χ4n) is 4.28. The summed E-state index contributed by atoms with van der Waals surface area (Å²) in [4.78, 5) is 12.0. The fraction of sp³-hybridized carbons (Fsp3) is 0.441. The van der Waals surface area contributed by atoms with Gasteiger partial charge in [-0.25, -0.2) is 0 Å². The Kier molecular flexibility index (Phi) is 15.7. The van der Waals surface area contributed by atoms with Gasteiger partial charge in [0, 0.05) is 6.42 Å². The van der Waals surface area contributed by atoms with Crippen LogP contribution in [0.3, 0.4) is 0 Å². The van der Waals surface area contributed by atoms with Gasteiger partial charge in [-0.1, -0.05) is 68.1 Å². The summed E-state index contributed by atoms with van der Waals surface area (Å²) in [5, 5.41) is 0. The Hall–Kier alpha value is -2.58. The summed E-state index contributed by atoms with van der Waals surface area (Å²) in [6.45, 7) is 1.82. The van der Waals surface area contributed by atoms with Crippen LogP contribution >= 0.6 is 0 Å².